The SMILES string of the molecule is C1=Cc2c(c3c4ccccc4c2CC3)CC1.Cl. The molecule has 0 spiro atoms. The minimum atomic E-state index is 0. The molecule has 0 N–H and O–H groups in total. The van der Waals surface area contributed by atoms with Gasteiger partial charge in [-0.1, -0.05) is 36.4 Å². The van der Waals surface area contributed by atoms with Crippen LogP contribution in [0.3, 0.4) is 0 Å². The van der Waals surface area contributed by atoms with Crippen LogP contribution in [0.2, 0.25) is 0 Å². The molecule has 2 aromatic rings. The van der Waals surface area contributed by atoms with Crippen LogP contribution in [-0.2, 0) is 19.3 Å². The fraction of sp³-hybridized carbons (Fsp3) is 0.250. The predicted octanol–water partition coefficient (Wildman–Crippen LogP) is 4.32. The number of fused-ring (bicyclic) bond motifs is 1. The molecule has 5 rings (SSSR count). The third kappa shape index (κ3) is 1.37. The van der Waals surface area contributed by atoms with Gasteiger partial charge >= 0.3 is 0 Å². The lowest BCUT2D eigenvalue weighted by Crippen LogP contribution is -2.13. The summed E-state index contributed by atoms with van der Waals surface area (Å²) in [6.45, 7) is 0. The zero-order valence-electron chi connectivity index (χ0n) is 9.70. The van der Waals surface area contributed by atoms with Crippen LogP contribution in [0.5, 0.6) is 0 Å². The molecule has 3 aliphatic carbocycles. The second kappa shape index (κ2) is 3.89. The highest BCUT2D eigenvalue weighted by Gasteiger charge is 2.23. The molecule has 2 bridgehead atoms. The molecule has 0 nitrogen and oxygen atoms in total. The quantitative estimate of drug-likeness (QED) is 0.646. The van der Waals surface area contributed by atoms with Crippen molar-refractivity contribution in [1.82, 2.24) is 0 Å². The van der Waals surface area contributed by atoms with Crippen molar-refractivity contribution < 1.29 is 0 Å². The van der Waals surface area contributed by atoms with Crippen molar-refractivity contribution in [2.75, 3.05) is 0 Å². The number of benzene rings is 2. The van der Waals surface area contributed by atoms with Crippen LogP contribution in [0.25, 0.3) is 16.8 Å². The number of halogens is 1. The van der Waals surface area contributed by atoms with Crippen molar-refractivity contribution in [1.29, 1.82) is 0 Å². The highest BCUT2D eigenvalue weighted by Crippen LogP contribution is 2.39. The summed E-state index contributed by atoms with van der Waals surface area (Å²) < 4.78 is 0. The number of hydrogen-bond donors (Lipinski definition) is 0. The van der Waals surface area contributed by atoms with E-state index in [4.69, 9.17) is 0 Å². The molecule has 0 fully saturated rings. The van der Waals surface area contributed by atoms with E-state index in [1.807, 2.05) is 0 Å². The van der Waals surface area contributed by atoms with E-state index in [9.17, 15) is 0 Å². The zero-order chi connectivity index (χ0) is 10.5. The van der Waals surface area contributed by atoms with Gasteiger partial charge in [0.25, 0.3) is 0 Å². The number of allylic oxidation sites excluding steroid dienone is 1. The van der Waals surface area contributed by atoms with E-state index in [-0.39, 0.29) is 12.4 Å². The largest absolute Gasteiger partial charge is 0.147 e. The van der Waals surface area contributed by atoms with Gasteiger partial charge in [-0.2, -0.15) is 0 Å². The van der Waals surface area contributed by atoms with Gasteiger partial charge in [-0.25, -0.2) is 0 Å². The fourth-order valence-corrected chi connectivity index (χ4v) is 3.38. The van der Waals surface area contributed by atoms with Crippen molar-refractivity contribution in [2.45, 2.75) is 25.7 Å². The molecule has 0 heterocycles. The molecule has 2 aromatic carbocycles. The second-order valence-electron chi connectivity index (χ2n) is 4.84. The molecular weight excluding hydrogens is 228 g/mol. The Bertz CT molecular complexity index is 623. The topological polar surface area (TPSA) is 0 Å². The van der Waals surface area contributed by atoms with Gasteiger partial charge in [-0.3, -0.25) is 0 Å². The summed E-state index contributed by atoms with van der Waals surface area (Å²) in [6.07, 6.45) is 9.66. The van der Waals surface area contributed by atoms with Gasteiger partial charge in [0.05, 0.1) is 0 Å². The van der Waals surface area contributed by atoms with Gasteiger partial charge in [0.2, 0.25) is 0 Å². The summed E-state index contributed by atoms with van der Waals surface area (Å²) in [4.78, 5) is 0. The molecule has 17 heavy (non-hydrogen) atoms. The molecular formula is C16H15Cl. The van der Waals surface area contributed by atoms with Gasteiger partial charge in [0, 0.05) is 0 Å². The predicted molar refractivity (Wildman–Crippen MR) is 76.0 cm³/mol. The van der Waals surface area contributed by atoms with E-state index in [1.165, 1.54) is 36.5 Å². The van der Waals surface area contributed by atoms with Crippen LogP contribution in [0.15, 0.2) is 30.3 Å². The summed E-state index contributed by atoms with van der Waals surface area (Å²) in [6, 6.07) is 8.92. The minimum absolute atomic E-state index is 0. The Hall–Kier alpha value is -1.27. The lowest BCUT2D eigenvalue weighted by Gasteiger charge is -2.27. The van der Waals surface area contributed by atoms with Gasteiger partial charge < -0.3 is 0 Å². The summed E-state index contributed by atoms with van der Waals surface area (Å²) in [5, 5.41) is 3.01. The van der Waals surface area contributed by atoms with E-state index in [2.05, 4.69) is 36.4 Å². The van der Waals surface area contributed by atoms with Crippen molar-refractivity contribution in [3.05, 3.63) is 52.6 Å². The second-order valence-corrected chi connectivity index (χ2v) is 4.84. The highest BCUT2D eigenvalue weighted by atomic mass is 35.5. The van der Waals surface area contributed by atoms with Gasteiger partial charge in [-0.15, -0.1) is 12.4 Å². The molecule has 0 aliphatic heterocycles. The van der Waals surface area contributed by atoms with E-state index >= 15 is 0 Å². The maximum atomic E-state index is 2.35. The van der Waals surface area contributed by atoms with Crippen molar-refractivity contribution >= 4 is 29.3 Å². The third-order valence-corrected chi connectivity index (χ3v) is 4.06. The first-order valence-electron chi connectivity index (χ1n) is 6.17. The summed E-state index contributed by atoms with van der Waals surface area (Å²) >= 11 is 0. The van der Waals surface area contributed by atoms with E-state index < -0.39 is 0 Å². The Morgan fingerprint density at radius 1 is 0.765 bits per heavy atom. The molecule has 0 atom stereocenters. The summed E-state index contributed by atoms with van der Waals surface area (Å²) in [7, 11) is 0. The lowest BCUT2D eigenvalue weighted by molar-refractivity contribution is 0.867. The maximum absolute atomic E-state index is 2.35. The number of aryl methyl sites for hydroxylation is 2. The van der Waals surface area contributed by atoms with E-state index in [0.717, 1.165) is 0 Å². The molecule has 86 valence electrons. The van der Waals surface area contributed by atoms with Crippen LogP contribution in [0, 0.1) is 0 Å². The Morgan fingerprint density at radius 3 is 2.29 bits per heavy atom. The Balaban J connectivity index is 0.000000902. The molecule has 0 radical (unpaired) electrons. The average molecular weight is 243 g/mol. The molecule has 0 aromatic heterocycles. The first-order chi connectivity index (χ1) is 7.95. The monoisotopic (exact) mass is 242 g/mol. The molecule has 0 amide bonds. The van der Waals surface area contributed by atoms with Gasteiger partial charge in [0.15, 0.2) is 0 Å². The Kier molecular flexibility index (Phi) is 2.48. The molecule has 0 saturated heterocycles. The Labute approximate surface area is 108 Å². The number of rotatable bonds is 0. The number of hydrogen-bond acceptors (Lipinski definition) is 0. The van der Waals surface area contributed by atoms with Crippen molar-refractivity contribution in [3.63, 3.8) is 0 Å². The van der Waals surface area contributed by atoms with Crippen LogP contribution in [0.1, 0.15) is 28.7 Å². The average Bonchev–Trinajstić information content (AvgIpc) is 2.40. The van der Waals surface area contributed by atoms with Crippen molar-refractivity contribution in [3.8, 4) is 0 Å². The maximum Gasteiger partial charge on any atom is -0.0143 e. The standard InChI is InChI=1S/C16H14.ClH/c1-2-6-12-11(5-1)15-9-10-16(12)14-8-4-3-7-13(14)15;/h1-3,5-7H,4,8-10H2;1H. The smallest absolute Gasteiger partial charge is 0.0143 e. The molecule has 0 unspecified atom stereocenters. The Morgan fingerprint density at radius 2 is 1.47 bits per heavy atom. The van der Waals surface area contributed by atoms with E-state index in [1.54, 1.807) is 22.3 Å². The summed E-state index contributed by atoms with van der Waals surface area (Å²) in [5.74, 6) is 0. The van der Waals surface area contributed by atoms with Crippen LogP contribution in [-0.4, -0.2) is 0 Å². The summed E-state index contributed by atoms with van der Waals surface area (Å²) in [5.41, 5.74) is 6.41. The first kappa shape index (κ1) is 10.9. The zero-order valence-corrected chi connectivity index (χ0v) is 10.5. The normalized spacial score (nSPS) is 15.8. The van der Waals surface area contributed by atoms with E-state index in [0.29, 0.717) is 0 Å². The fourth-order valence-electron chi connectivity index (χ4n) is 3.38. The molecule has 0 saturated carbocycles. The first-order valence-corrected chi connectivity index (χ1v) is 6.17. The highest BCUT2D eigenvalue weighted by molar-refractivity contribution is 5.95. The van der Waals surface area contributed by atoms with Gasteiger partial charge in [-0.05, 0) is 58.7 Å². The van der Waals surface area contributed by atoms with Crippen LogP contribution < -0.4 is 0 Å². The lowest BCUT2D eigenvalue weighted by atomic mass is 9.77. The third-order valence-electron chi connectivity index (χ3n) is 4.06. The van der Waals surface area contributed by atoms with Crippen molar-refractivity contribution in [2.24, 2.45) is 0 Å². The minimum Gasteiger partial charge on any atom is -0.147 e. The molecule has 1 heteroatoms. The molecule has 3 aliphatic rings. The van der Waals surface area contributed by atoms with Crippen LogP contribution >= 0.6 is 12.4 Å². The van der Waals surface area contributed by atoms with Crippen LogP contribution in [0.4, 0.5) is 0 Å². The van der Waals surface area contributed by atoms with Gasteiger partial charge in [0.1, 0.15) is 0 Å².